The van der Waals surface area contributed by atoms with Crippen LogP contribution in [-0.2, 0) is 11.0 Å². The standard InChI is InChI=1S/C20H25F3N2O/c1-12(2)17-9-14-11-24(10-13-3-8-18(26)25(17)19(13)14)16-6-4-15(5-7-16)20(21,22)23/h4-7,12-14,17,19H,3,8-11H2,1-2H3/t13-,14?,17-,19?/m1/s1. The molecule has 0 bridgehead atoms. The fourth-order valence-electron chi connectivity index (χ4n) is 5.27. The first kappa shape index (κ1) is 17.7. The SMILES string of the molecule is CC(C)[C@H]1CC2CN(c3ccc(C(F)(F)F)cc3)C[C@H]3CCC(=O)N1C23. The highest BCUT2D eigenvalue weighted by Gasteiger charge is 2.52. The molecule has 1 amide bonds. The van der Waals surface area contributed by atoms with Crippen molar-refractivity contribution in [1.82, 2.24) is 4.90 Å². The van der Waals surface area contributed by atoms with E-state index in [2.05, 4.69) is 23.6 Å². The molecule has 26 heavy (non-hydrogen) atoms. The number of benzene rings is 1. The van der Waals surface area contributed by atoms with Crippen LogP contribution in [0.4, 0.5) is 18.9 Å². The predicted octanol–water partition coefficient (Wildman–Crippen LogP) is 4.18. The van der Waals surface area contributed by atoms with Gasteiger partial charge < -0.3 is 9.80 Å². The van der Waals surface area contributed by atoms with Crippen molar-refractivity contribution >= 4 is 11.6 Å². The van der Waals surface area contributed by atoms with Gasteiger partial charge in [-0.15, -0.1) is 0 Å². The van der Waals surface area contributed by atoms with E-state index in [9.17, 15) is 18.0 Å². The maximum Gasteiger partial charge on any atom is 0.416 e. The Kier molecular flexibility index (Phi) is 4.20. The first-order chi connectivity index (χ1) is 12.3. The van der Waals surface area contributed by atoms with Gasteiger partial charge in [0.2, 0.25) is 5.91 Å². The van der Waals surface area contributed by atoms with Gasteiger partial charge in [-0.25, -0.2) is 0 Å². The second-order valence-corrected chi connectivity index (χ2v) is 8.35. The van der Waals surface area contributed by atoms with Crippen molar-refractivity contribution < 1.29 is 18.0 Å². The Bertz CT molecular complexity index is 685. The van der Waals surface area contributed by atoms with Crippen molar-refractivity contribution in [3.63, 3.8) is 0 Å². The molecule has 3 fully saturated rings. The number of carbonyl (C=O) groups excluding carboxylic acids is 1. The van der Waals surface area contributed by atoms with Crippen LogP contribution in [0.2, 0.25) is 0 Å². The third kappa shape index (κ3) is 2.87. The van der Waals surface area contributed by atoms with E-state index < -0.39 is 11.7 Å². The fraction of sp³-hybridized carbons (Fsp3) is 0.650. The molecule has 6 heteroatoms. The lowest BCUT2D eigenvalue weighted by atomic mass is 9.79. The molecule has 3 saturated heterocycles. The summed E-state index contributed by atoms with van der Waals surface area (Å²) in [7, 11) is 0. The monoisotopic (exact) mass is 366 g/mol. The quantitative estimate of drug-likeness (QED) is 0.784. The lowest BCUT2D eigenvalue weighted by Gasteiger charge is -2.48. The summed E-state index contributed by atoms with van der Waals surface area (Å²) in [6, 6.07) is 6.13. The number of hydrogen-bond donors (Lipinski definition) is 0. The van der Waals surface area contributed by atoms with E-state index in [4.69, 9.17) is 0 Å². The lowest BCUT2D eigenvalue weighted by Crippen LogP contribution is -2.57. The molecule has 1 aromatic carbocycles. The first-order valence-electron chi connectivity index (χ1n) is 9.49. The summed E-state index contributed by atoms with van der Waals surface area (Å²) >= 11 is 0. The maximum atomic E-state index is 12.8. The van der Waals surface area contributed by atoms with Gasteiger partial charge in [-0.05, 0) is 54.9 Å². The van der Waals surface area contributed by atoms with Crippen molar-refractivity contribution in [2.75, 3.05) is 18.0 Å². The summed E-state index contributed by atoms with van der Waals surface area (Å²) in [6.45, 7) is 5.99. The molecule has 3 nitrogen and oxygen atoms in total. The zero-order valence-corrected chi connectivity index (χ0v) is 15.2. The molecule has 142 valence electrons. The van der Waals surface area contributed by atoms with Crippen LogP contribution in [0.3, 0.4) is 0 Å². The van der Waals surface area contributed by atoms with Crippen LogP contribution >= 0.6 is 0 Å². The van der Waals surface area contributed by atoms with Crippen LogP contribution in [0.1, 0.15) is 38.7 Å². The molecule has 0 N–H and O–H groups in total. The van der Waals surface area contributed by atoms with Crippen LogP contribution in [0.5, 0.6) is 0 Å². The molecule has 3 heterocycles. The summed E-state index contributed by atoms with van der Waals surface area (Å²) in [6.07, 6.45) is -1.82. The van der Waals surface area contributed by atoms with Gasteiger partial charge in [0.25, 0.3) is 0 Å². The molecule has 3 aliphatic rings. The van der Waals surface area contributed by atoms with E-state index in [-0.39, 0.29) is 5.91 Å². The Balaban J connectivity index is 1.57. The van der Waals surface area contributed by atoms with Crippen molar-refractivity contribution in [3.8, 4) is 0 Å². The van der Waals surface area contributed by atoms with Gasteiger partial charge in [-0.1, -0.05) is 13.8 Å². The zero-order chi connectivity index (χ0) is 18.6. The summed E-state index contributed by atoms with van der Waals surface area (Å²) in [5, 5.41) is 0. The molecule has 0 saturated carbocycles. The van der Waals surface area contributed by atoms with Gasteiger partial charge in [-0.2, -0.15) is 13.2 Å². The fourth-order valence-corrected chi connectivity index (χ4v) is 5.27. The number of piperidine rings is 2. The van der Waals surface area contributed by atoms with Gasteiger partial charge in [0, 0.05) is 37.3 Å². The smallest absolute Gasteiger partial charge is 0.371 e. The summed E-state index contributed by atoms with van der Waals surface area (Å²) in [5.41, 5.74) is 0.249. The summed E-state index contributed by atoms with van der Waals surface area (Å²) in [4.78, 5) is 16.9. The number of rotatable bonds is 2. The molecule has 4 atom stereocenters. The van der Waals surface area contributed by atoms with Crippen molar-refractivity contribution in [1.29, 1.82) is 0 Å². The Morgan fingerprint density at radius 2 is 1.73 bits per heavy atom. The van der Waals surface area contributed by atoms with Gasteiger partial charge in [0.15, 0.2) is 0 Å². The number of carbonyl (C=O) groups is 1. The lowest BCUT2D eigenvalue weighted by molar-refractivity contribution is -0.141. The van der Waals surface area contributed by atoms with Crippen LogP contribution in [0.15, 0.2) is 24.3 Å². The molecule has 0 aliphatic carbocycles. The molecule has 0 radical (unpaired) electrons. The largest absolute Gasteiger partial charge is 0.416 e. The number of alkyl halides is 3. The topological polar surface area (TPSA) is 23.6 Å². The Hall–Kier alpha value is -1.72. The van der Waals surface area contributed by atoms with Gasteiger partial charge in [-0.3, -0.25) is 4.79 Å². The van der Waals surface area contributed by atoms with Gasteiger partial charge >= 0.3 is 6.18 Å². The van der Waals surface area contributed by atoms with E-state index in [0.717, 1.165) is 31.6 Å². The second-order valence-electron chi connectivity index (χ2n) is 8.35. The van der Waals surface area contributed by atoms with E-state index in [1.807, 2.05) is 0 Å². The highest BCUT2D eigenvalue weighted by Crippen LogP contribution is 2.46. The molecule has 0 aromatic heterocycles. The highest BCUT2D eigenvalue weighted by molar-refractivity contribution is 5.78. The molecule has 2 unspecified atom stereocenters. The average Bonchev–Trinajstić information content (AvgIpc) is 2.98. The second kappa shape index (κ2) is 6.17. The maximum absolute atomic E-state index is 12.8. The third-order valence-electron chi connectivity index (χ3n) is 6.44. The average molecular weight is 366 g/mol. The number of amides is 1. The number of halogens is 3. The van der Waals surface area contributed by atoms with Crippen LogP contribution in [0.25, 0.3) is 0 Å². The van der Waals surface area contributed by atoms with E-state index in [0.29, 0.717) is 36.3 Å². The van der Waals surface area contributed by atoms with E-state index in [1.165, 1.54) is 12.1 Å². The molecular weight excluding hydrogens is 341 g/mol. The summed E-state index contributed by atoms with van der Waals surface area (Å²) < 4.78 is 38.4. The minimum Gasteiger partial charge on any atom is -0.371 e. The molecule has 1 aromatic rings. The molecule has 0 spiro atoms. The molecular formula is C20H25F3N2O. The van der Waals surface area contributed by atoms with Crippen molar-refractivity contribution in [2.24, 2.45) is 17.8 Å². The zero-order valence-electron chi connectivity index (χ0n) is 15.2. The Morgan fingerprint density at radius 3 is 2.35 bits per heavy atom. The highest BCUT2D eigenvalue weighted by atomic mass is 19.4. The number of hydrogen-bond acceptors (Lipinski definition) is 2. The van der Waals surface area contributed by atoms with Gasteiger partial charge in [0.1, 0.15) is 0 Å². The predicted molar refractivity (Wildman–Crippen MR) is 93.7 cm³/mol. The normalized spacial score (nSPS) is 31.5. The van der Waals surface area contributed by atoms with Gasteiger partial charge in [0.05, 0.1) is 5.56 Å². The Labute approximate surface area is 152 Å². The third-order valence-corrected chi connectivity index (χ3v) is 6.44. The van der Waals surface area contributed by atoms with Crippen LogP contribution < -0.4 is 4.90 Å². The number of anilines is 1. The van der Waals surface area contributed by atoms with Crippen LogP contribution in [-0.4, -0.2) is 36.0 Å². The minimum atomic E-state index is -4.30. The molecule has 3 aliphatic heterocycles. The van der Waals surface area contributed by atoms with E-state index >= 15 is 0 Å². The van der Waals surface area contributed by atoms with Crippen molar-refractivity contribution in [3.05, 3.63) is 29.8 Å². The minimum absolute atomic E-state index is 0.287. The number of nitrogens with zero attached hydrogens (tertiary/aromatic N) is 2. The van der Waals surface area contributed by atoms with Crippen LogP contribution in [0, 0.1) is 17.8 Å². The Morgan fingerprint density at radius 1 is 1.08 bits per heavy atom. The van der Waals surface area contributed by atoms with E-state index in [1.54, 1.807) is 12.1 Å². The first-order valence-corrected chi connectivity index (χ1v) is 9.49. The molecule has 4 rings (SSSR count). The summed E-state index contributed by atoms with van der Waals surface area (Å²) in [5.74, 6) is 1.54. The van der Waals surface area contributed by atoms with Crippen molar-refractivity contribution in [2.45, 2.75) is 51.4 Å².